The Balaban J connectivity index is 2.44. The zero-order valence-corrected chi connectivity index (χ0v) is 12.4. The van der Waals surface area contributed by atoms with E-state index in [2.05, 4.69) is 30.3 Å². The van der Waals surface area contributed by atoms with Gasteiger partial charge >= 0.3 is 0 Å². The molecule has 17 heavy (non-hydrogen) atoms. The molecule has 0 aliphatic rings. The van der Waals surface area contributed by atoms with Crippen LogP contribution in [-0.2, 0) is 11.5 Å². The molecule has 0 aliphatic carbocycles. The molecule has 0 radical (unpaired) electrons. The van der Waals surface area contributed by atoms with Crippen LogP contribution in [0.25, 0.3) is 5.57 Å². The molecule has 0 saturated carbocycles. The van der Waals surface area contributed by atoms with Gasteiger partial charge in [0, 0.05) is 11.9 Å². The lowest BCUT2D eigenvalue weighted by Crippen LogP contribution is -2.10. The highest BCUT2D eigenvalue weighted by Gasteiger charge is 2.06. The van der Waals surface area contributed by atoms with Crippen molar-refractivity contribution in [3.8, 4) is 0 Å². The quantitative estimate of drug-likeness (QED) is 0.732. The average molecular weight is 256 g/mol. The van der Waals surface area contributed by atoms with Crippen molar-refractivity contribution < 1.29 is 4.74 Å². The topological polar surface area (TPSA) is 27.1 Å². The molecule has 3 nitrogen and oxygen atoms in total. The molecule has 0 fully saturated rings. The van der Waals surface area contributed by atoms with Crippen LogP contribution in [0.1, 0.15) is 18.4 Å². The summed E-state index contributed by atoms with van der Waals surface area (Å²) in [4.78, 5) is 4.43. The molecule has 98 valence electrons. The van der Waals surface area contributed by atoms with Crippen LogP contribution in [0, 0.1) is 6.92 Å². The summed E-state index contributed by atoms with van der Waals surface area (Å²) in [6.07, 6.45) is 8.91. The van der Waals surface area contributed by atoms with Crippen molar-refractivity contribution >= 4 is 15.6 Å². The van der Waals surface area contributed by atoms with Crippen molar-refractivity contribution in [2.24, 2.45) is 0 Å². The first kappa shape index (κ1) is 14.3. The zero-order valence-electron chi connectivity index (χ0n) is 11.6. The van der Waals surface area contributed by atoms with Crippen LogP contribution < -0.4 is 0 Å². The van der Waals surface area contributed by atoms with E-state index in [-0.39, 0.29) is 0 Å². The molecule has 0 bridgehead atoms. The SMILES string of the molecule is C=C(C)c1cn(COCCS(C)(C)C)c(C)n1. The molecule has 1 rings (SSSR count). The fourth-order valence-electron chi connectivity index (χ4n) is 1.32. The Labute approximate surface area is 106 Å². The molecule has 0 amide bonds. The van der Waals surface area contributed by atoms with Gasteiger partial charge in [-0.25, -0.2) is 15.0 Å². The minimum atomic E-state index is -0.461. The average Bonchev–Trinajstić information content (AvgIpc) is 2.54. The number of allylic oxidation sites excluding steroid dienone is 1. The van der Waals surface area contributed by atoms with E-state index in [9.17, 15) is 0 Å². The van der Waals surface area contributed by atoms with Gasteiger partial charge in [0.15, 0.2) is 0 Å². The number of hydrogen-bond acceptors (Lipinski definition) is 2. The molecule has 0 atom stereocenters. The molecule has 1 aromatic heterocycles. The third kappa shape index (κ3) is 4.96. The minimum absolute atomic E-state index is 0.461. The smallest absolute Gasteiger partial charge is 0.124 e. The van der Waals surface area contributed by atoms with Gasteiger partial charge in [-0.2, -0.15) is 0 Å². The van der Waals surface area contributed by atoms with Crippen LogP contribution >= 0.6 is 10.0 Å². The number of imidazole rings is 1. The molecule has 0 saturated heterocycles. The Hall–Kier alpha value is -0.740. The molecular formula is C13H24N2OS. The second-order valence-corrected chi connectivity index (χ2v) is 9.85. The third-order valence-corrected chi connectivity index (χ3v) is 3.88. The van der Waals surface area contributed by atoms with Crippen molar-refractivity contribution in [1.82, 2.24) is 9.55 Å². The fraction of sp³-hybridized carbons (Fsp3) is 0.615. The Bertz CT molecular complexity index is 391. The predicted octanol–water partition coefficient (Wildman–Crippen LogP) is 2.89. The van der Waals surface area contributed by atoms with Gasteiger partial charge in [-0.3, -0.25) is 0 Å². The monoisotopic (exact) mass is 256 g/mol. The highest BCUT2D eigenvalue weighted by Crippen LogP contribution is 2.33. The summed E-state index contributed by atoms with van der Waals surface area (Å²) < 4.78 is 7.71. The molecular weight excluding hydrogens is 232 g/mol. The maximum Gasteiger partial charge on any atom is 0.124 e. The first-order valence-electron chi connectivity index (χ1n) is 5.73. The number of aryl methyl sites for hydroxylation is 1. The highest BCUT2D eigenvalue weighted by atomic mass is 32.3. The van der Waals surface area contributed by atoms with Crippen molar-refractivity contribution in [2.75, 3.05) is 31.1 Å². The van der Waals surface area contributed by atoms with E-state index >= 15 is 0 Å². The number of aromatic nitrogens is 2. The number of hydrogen-bond donors (Lipinski definition) is 0. The third-order valence-electron chi connectivity index (χ3n) is 2.48. The molecule has 0 aromatic carbocycles. The van der Waals surface area contributed by atoms with E-state index in [0.29, 0.717) is 6.73 Å². The first-order chi connectivity index (χ1) is 7.79. The van der Waals surface area contributed by atoms with Gasteiger partial charge in [0.25, 0.3) is 0 Å². The summed E-state index contributed by atoms with van der Waals surface area (Å²) in [5, 5.41) is 0. The van der Waals surface area contributed by atoms with Crippen LogP contribution in [0.3, 0.4) is 0 Å². The van der Waals surface area contributed by atoms with Crippen LogP contribution in [0.15, 0.2) is 12.8 Å². The summed E-state index contributed by atoms with van der Waals surface area (Å²) in [7, 11) is -0.461. The minimum Gasteiger partial charge on any atom is -0.360 e. The zero-order chi connectivity index (χ0) is 13.1. The first-order valence-corrected chi connectivity index (χ1v) is 8.76. The standard InChI is InChI=1S/C13H24N2OS/c1-11(2)13-9-15(12(3)14-13)10-16-7-8-17(4,5)6/h9H,1,7-8,10H2,2-6H3. The van der Waals surface area contributed by atoms with Crippen LogP contribution in [0.2, 0.25) is 0 Å². The largest absolute Gasteiger partial charge is 0.360 e. The molecule has 0 spiro atoms. The van der Waals surface area contributed by atoms with E-state index in [4.69, 9.17) is 4.74 Å². The molecule has 0 unspecified atom stereocenters. The normalized spacial score (nSPS) is 12.8. The summed E-state index contributed by atoms with van der Waals surface area (Å²) in [6, 6.07) is 0. The van der Waals surface area contributed by atoms with Gasteiger partial charge in [-0.05, 0) is 38.2 Å². The van der Waals surface area contributed by atoms with Crippen molar-refractivity contribution in [2.45, 2.75) is 20.6 Å². The Morgan fingerprint density at radius 2 is 2.12 bits per heavy atom. The van der Waals surface area contributed by atoms with Crippen LogP contribution in [0.5, 0.6) is 0 Å². The van der Waals surface area contributed by atoms with E-state index < -0.39 is 10.0 Å². The lowest BCUT2D eigenvalue weighted by atomic mass is 10.3. The van der Waals surface area contributed by atoms with E-state index in [1.165, 1.54) is 0 Å². The number of ether oxygens (including phenoxy) is 1. The van der Waals surface area contributed by atoms with Gasteiger partial charge < -0.3 is 9.30 Å². The number of rotatable bonds is 6. The highest BCUT2D eigenvalue weighted by molar-refractivity contribution is 8.32. The van der Waals surface area contributed by atoms with E-state index in [1.54, 1.807) is 0 Å². The van der Waals surface area contributed by atoms with E-state index in [1.807, 2.05) is 24.6 Å². The van der Waals surface area contributed by atoms with Crippen molar-refractivity contribution in [1.29, 1.82) is 0 Å². The Kier molecular flexibility index (Phi) is 4.83. The van der Waals surface area contributed by atoms with Gasteiger partial charge in [-0.1, -0.05) is 6.58 Å². The summed E-state index contributed by atoms with van der Waals surface area (Å²) >= 11 is 0. The molecule has 1 heterocycles. The maximum atomic E-state index is 5.68. The Morgan fingerprint density at radius 3 is 2.59 bits per heavy atom. The Morgan fingerprint density at radius 1 is 1.47 bits per heavy atom. The maximum absolute atomic E-state index is 5.68. The fourth-order valence-corrected chi connectivity index (χ4v) is 1.93. The van der Waals surface area contributed by atoms with Gasteiger partial charge in [0.2, 0.25) is 0 Å². The summed E-state index contributed by atoms with van der Waals surface area (Å²) in [5.74, 6) is 2.12. The van der Waals surface area contributed by atoms with Crippen LogP contribution in [0.4, 0.5) is 0 Å². The predicted molar refractivity (Wildman–Crippen MR) is 77.9 cm³/mol. The molecule has 0 N–H and O–H groups in total. The second kappa shape index (κ2) is 5.74. The lowest BCUT2D eigenvalue weighted by molar-refractivity contribution is 0.0882. The summed E-state index contributed by atoms with van der Waals surface area (Å²) in [6.45, 7) is 9.26. The van der Waals surface area contributed by atoms with Crippen LogP contribution in [-0.4, -0.2) is 40.7 Å². The number of nitrogens with zero attached hydrogens (tertiary/aromatic N) is 2. The lowest BCUT2D eigenvalue weighted by Gasteiger charge is -2.24. The van der Waals surface area contributed by atoms with Gasteiger partial charge in [-0.15, -0.1) is 0 Å². The second-order valence-electron chi connectivity index (χ2n) is 5.26. The molecule has 1 aromatic rings. The van der Waals surface area contributed by atoms with Gasteiger partial charge in [0.1, 0.15) is 12.6 Å². The molecule has 4 heteroatoms. The van der Waals surface area contributed by atoms with E-state index in [0.717, 1.165) is 29.5 Å². The molecule has 0 aliphatic heterocycles. The summed E-state index contributed by atoms with van der Waals surface area (Å²) in [5.41, 5.74) is 1.94. The van der Waals surface area contributed by atoms with Crippen molar-refractivity contribution in [3.63, 3.8) is 0 Å². The van der Waals surface area contributed by atoms with Gasteiger partial charge in [0.05, 0.1) is 12.3 Å². The van der Waals surface area contributed by atoms with Crippen molar-refractivity contribution in [3.05, 3.63) is 24.3 Å².